The van der Waals surface area contributed by atoms with Crippen LogP contribution in [0, 0.1) is 0 Å². The molecule has 0 amide bonds. The van der Waals surface area contributed by atoms with Crippen molar-refractivity contribution < 1.29 is 4.74 Å². The Kier molecular flexibility index (Phi) is 9.50. The van der Waals surface area contributed by atoms with E-state index in [-0.39, 0.29) is 0 Å². The highest BCUT2D eigenvalue weighted by Crippen LogP contribution is 2.05. The first kappa shape index (κ1) is 21.8. The van der Waals surface area contributed by atoms with Crippen LogP contribution in [0.25, 0.3) is 6.08 Å². The van der Waals surface area contributed by atoms with Gasteiger partial charge in [-0.1, -0.05) is 42.5 Å². The molecule has 0 unspecified atom stereocenters. The topological polar surface area (TPSA) is 43.3 Å². The molecule has 1 aromatic carbocycles. The van der Waals surface area contributed by atoms with E-state index in [2.05, 4.69) is 69.4 Å². The van der Waals surface area contributed by atoms with Gasteiger partial charge in [-0.15, -0.1) is 0 Å². The summed E-state index contributed by atoms with van der Waals surface area (Å²) in [6.07, 6.45) is 5.60. The standard InChI is InChI=1S/C23H37N5O/c1-2-24-23(25-11-7-13-27-18-20-29-21-19-27)28-16-14-26(15-17-28)12-6-10-22-8-4-3-5-9-22/h3-6,8-10H,2,7,11-21H2,1H3,(H,24,25)/b10-6+. The molecule has 0 aromatic heterocycles. The zero-order valence-corrected chi connectivity index (χ0v) is 17.9. The fourth-order valence-electron chi connectivity index (χ4n) is 3.77. The van der Waals surface area contributed by atoms with Crippen LogP contribution >= 0.6 is 0 Å². The van der Waals surface area contributed by atoms with Crippen molar-refractivity contribution in [3.8, 4) is 0 Å². The van der Waals surface area contributed by atoms with Gasteiger partial charge < -0.3 is 15.0 Å². The number of hydrogen-bond donors (Lipinski definition) is 1. The minimum absolute atomic E-state index is 0.872. The van der Waals surface area contributed by atoms with Crippen LogP contribution in [0.3, 0.4) is 0 Å². The van der Waals surface area contributed by atoms with Crippen molar-refractivity contribution >= 4 is 12.0 Å². The third kappa shape index (κ3) is 7.80. The summed E-state index contributed by atoms with van der Waals surface area (Å²) in [4.78, 5) is 12.3. The first-order chi connectivity index (χ1) is 14.3. The fraction of sp³-hybridized carbons (Fsp3) is 0.609. The molecule has 0 spiro atoms. The van der Waals surface area contributed by atoms with Gasteiger partial charge in [0.1, 0.15) is 0 Å². The van der Waals surface area contributed by atoms with Crippen LogP contribution in [0.4, 0.5) is 0 Å². The molecule has 2 fully saturated rings. The van der Waals surface area contributed by atoms with E-state index in [0.717, 1.165) is 91.0 Å². The van der Waals surface area contributed by atoms with Gasteiger partial charge in [-0.3, -0.25) is 14.8 Å². The molecule has 6 nitrogen and oxygen atoms in total. The molecule has 160 valence electrons. The van der Waals surface area contributed by atoms with Crippen LogP contribution in [-0.2, 0) is 4.74 Å². The summed E-state index contributed by atoms with van der Waals surface area (Å²) in [6, 6.07) is 10.5. The van der Waals surface area contributed by atoms with E-state index in [1.165, 1.54) is 5.56 Å². The van der Waals surface area contributed by atoms with Crippen molar-refractivity contribution in [1.29, 1.82) is 0 Å². The lowest BCUT2D eigenvalue weighted by Gasteiger charge is -2.36. The number of benzene rings is 1. The molecular formula is C23H37N5O. The maximum absolute atomic E-state index is 5.42. The second-order valence-electron chi connectivity index (χ2n) is 7.64. The third-order valence-corrected chi connectivity index (χ3v) is 5.48. The lowest BCUT2D eigenvalue weighted by Crippen LogP contribution is -2.52. The van der Waals surface area contributed by atoms with E-state index >= 15 is 0 Å². The van der Waals surface area contributed by atoms with E-state index in [4.69, 9.17) is 9.73 Å². The Hall–Kier alpha value is -1.89. The predicted molar refractivity (Wildman–Crippen MR) is 121 cm³/mol. The van der Waals surface area contributed by atoms with Gasteiger partial charge in [0.25, 0.3) is 0 Å². The first-order valence-electron chi connectivity index (χ1n) is 11.1. The maximum atomic E-state index is 5.42. The Bertz CT molecular complexity index is 619. The van der Waals surface area contributed by atoms with Crippen molar-refractivity contribution in [3.63, 3.8) is 0 Å². The van der Waals surface area contributed by atoms with Crippen LogP contribution in [0.15, 0.2) is 41.4 Å². The van der Waals surface area contributed by atoms with E-state index < -0.39 is 0 Å². The Morgan fingerprint density at radius 2 is 1.79 bits per heavy atom. The van der Waals surface area contributed by atoms with Crippen molar-refractivity contribution in [3.05, 3.63) is 42.0 Å². The number of aliphatic imine (C=N–C) groups is 1. The van der Waals surface area contributed by atoms with Gasteiger partial charge in [0.15, 0.2) is 5.96 Å². The summed E-state index contributed by atoms with van der Waals surface area (Å²) in [5, 5.41) is 3.48. The van der Waals surface area contributed by atoms with Crippen LogP contribution in [0.1, 0.15) is 18.9 Å². The lowest BCUT2D eigenvalue weighted by molar-refractivity contribution is 0.0377. The molecule has 0 radical (unpaired) electrons. The molecule has 3 rings (SSSR count). The van der Waals surface area contributed by atoms with Crippen molar-refractivity contribution in [2.45, 2.75) is 13.3 Å². The van der Waals surface area contributed by atoms with Gasteiger partial charge in [0.2, 0.25) is 0 Å². The third-order valence-electron chi connectivity index (χ3n) is 5.48. The highest BCUT2D eigenvalue weighted by atomic mass is 16.5. The number of ether oxygens (including phenoxy) is 1. The molecule has 0 aliphatic carbocycles. The molecule has 1 aromatic rings. The van der Waals surface area contributed by atoms with Gasteiger partial charge in [-0.2, -0.15) is 0 Å². The smallest absolute Gasteiger partial charge is 0.194 e. The molecule has 0 bridgehead atoms. The number of nitrogens with one attached hydrogen (secondary N) is 1. The monoisotopic (exact) mass is 399 g/mol. The highest BCUT2D eigenvalue weighted by molar-refractivity contribution is 5.80. The lowest BCUT2D eigenvalue weighted by atomic mass is 10.2. The molecule has 2 aliphatic rings. The number of nitrogens with zero attached hydrogens (tertiary/aromatic N) is 4. The largest absolute Gasteiger partial charge is 0.379 e. The molecule has 0 saturated carbocycles. The van der Waals surface area contributed by atoms with E-state index in [9.17, 15) is 0 Å². The van der Waals surface area contributed by atoms with Gasteiger partial charge in [0, 0.05) is 65.4 Å². The normalized spacial score (nSPS) is 19.8. The van der Waals surface area contributed by atoms with Crippen LogP contribution in [-0.4, -0.2) is 99.3 Å². The number of hydrogen-bond acceptors (Lipinski definition) is 4. The highest BCUT2D eigenvalue weighted by Gasteiger charge is 2.18. The second-order valence-corrected chi connectivity index (χ2v) is 7.64. The minimum atomic E-state index is 0.872. The predicted octanol–water partition coefficient (Wildman–Crippen LogP) is 2.01. The quantitative estimate of drug-likeness (QED) is 0.412. The van der Waals surface area contributed by atoms with Crippen LogP contribution in [0.5, 0.6) is 0 Å². The fourth-order valence-corrected chi connectivity index (χ4v) is 3.77. The summed E-state index contributed by atoms with van der Waals surface area (Å²) in [5.74, 6) is 1.08. The van der Waals surface area contributed by atoms with Gasteiger partial charge in [-0.25, -0.2) is 0 Å². The number of guanidine groups is 1. The summed E-state index contributed by atoms with van der Waals surface area (Å²) in [5.41, 5.74) is 1.27. The molecule has 1 N–H and O–H groups in total. The maximum Gasteiger partial charge on any atom is 0.194 e. The molecule has 29 heavy (non-hydrogen) atoms. The van der Waals surface area contributed by atoms with E-state index in [0.29, 0.717) is 0 Å². The summed E-state index contributed by atoms with van der Waals surface area (Å²) < 4.78 is 5.42. The van der Waals surface area contributed by atoms with Crippen LogP contribution in [0.2, 0.25) is 0 Å². The van der Waals surface area contributed by atoms with Crippen molar-refractivity contribution in [2.75, 3.05) is 78.7 Å². The Morgan fingerprint density at radius 3 is 2.52 bits per heavy atom. The van der Waals surface area contributed by atoms with Gasteiger partial charge in [-0.05, 0) is 18.9 Å². The SMILES string of the molecule is CCNC(=NCCCN1CCOCC1)N1CCN(C/C=C/c2ccccc2)CC1. The Morgan fingerprint density at radius 1 is 1.03 bits per heavy atom. The number of rotatable bonds is 8. The average Bonchev–Trinajstić information content (AvgIpc) is 2.78. The van der Waals surface area contributed by atoms with Gasteiger partial charge in [0.05, 0.1) is 13.2 Å². The van der Waals surface area contributed by atoms with Gasteiger partial charge >= 0.3 is 0 Å². The summed E-state index contributed by atoms with van der Waals surface area (Å²) in [7, 11) is 0. The number of morpholine rings is 1. The van der Waals surface area contributed by atoms with E-state index in [1.807, 2.05) is 0 Å². The van der Waals surface area contributed by atoms with Crippen molar-refractivity contribution in [1.82, 2.24) is 20.0 Å². The second kappa shape index (κ2) is 12.6. The summed E-state index contributed by atoms with van der Waals surface area (Å²) >= 11 is 0. The Labute approximate surface area is 176 Å². The molecule has 6 heteroatoms. The Balaban J connectivity index is 1.38. The molecular weight excluding hydrogens is 362 g/mol. The van der Waals surface area contributed by atoms with Crippen LogP contribution < -0.4 is 5.32 Å². The average molecular weight is 400 g/mol. The molecule has 2 saturated heterocycles. The molecule has 2 aliphatic heterocycles. The molecule has 0 atom stereocenters. The minimum Gasteiger partial charge on any atom is -0.379 e. The van der Waals surface area contributed by atoms with Crippen molar-refractivity contribution in [2.24, 2.45) is 4.99 Å². The summed E-state index contributed by atoms with van der Waals surface area (Å²) in [6.45, 7) is 14.2. The number of piperazine rings is 1. The molecule has 2 heterocycles. The first-order valence-corrected chi connectivity index (χ1v) is 11.1. The van der Waals surface area contributed by atoms with E-state index in [1.54, 1.807) is 0 Å². The zero-order valence-electron chi connectivity index (χ0n) is 17.9. The zero-order chi connectivity index (χ0) is 20.2.